The molecule has 0 aliphatic rings. The quantitative estimate of drug-likeness (QED) is 0.698. The molecule has 1 rings (SSSR count). The summed E-state index contributed by atoms with van der Waals surface area (Å²) in [5.74, 6) is 0. The summed E-state index contributed by atoms with van der Waals surface area (Å²) in [6.45, 7) is -0.501. The van der Waals surface area contributed by atoms with Gasteiger partial charge >= 0.3 is 0 Å². The molecule has 0 atom stereocenters. The van der Waals surface area contributed by atoms with E-state index in [-0.39, 0.29) is 0 Å². The molecule has 0 amide bonds. The van der Waals surface area contributed by atoms with Gasteiger partial charge in [-0.25, -0.2) is 4.39 Å². The Morgan fingerprint density at radius 1 is 1.50 bits per heavy atom. The lowest BCUT2D eigenvalue weighted by Crippen LogP contribution is -1.90. The van der Waals surface area contributed by atoms with E-state index >= 15 is 0 Å². The lowest BCUT2D eigenvalue weighted by Gasteiger charge is -1.99. The Balaban J connectivity index is 3.07. The number of alkyl halides is 1. The number of nitrogens with two attached hydrogens (primary N) is 1. The van der Waals surface area contributed by atoms with Gasteiger partial charge in [0.25, 0.3) is 0 Å². The van der Waals surface area contributed by atoms with E-state index in [4.69, 9.17) is 5.73 Å². The fourth-order valence-electron chi connectivity index (χ4n) is 0.687. The van der Waals surface area contributed by atoms with Crippen LogP contribution in [-0.4, -0.2) is 0 Å². The molecule has 1 aromatic rings. The summed E-state index contributed by atoms with van der Waals surface area (Å²) >= 11 is 3.22. The Morgan fingerprint density at radius 2 is 2.20 bits per heavy atom. The summed E-state index contributed by atoms with van der Waals surface area (Å²) in [6.07, 6.45) is 0. The zero-order valence-electron chi connectivity index (χ0n) is 5.27. The molecule has 0 aliphatic carbocycles. The molecule has 0 heterocycles. The molecule has 1 nitrogen and oxygen atoms in total. The van der Waals surface area contributed by atoms with Crippen LogP contribution in [0.3, 0.4) is 0 Å². The van der Waals surface area contributed by atoms with E-state index in [9.17, 15) is 4.39 Å². The van der Waals surface area contributed by atoms with Gasteiger partial charge in [-0.3, -0.25) is 0 Å². The SMILES string of the molecule is Nc1cc(Br)ccc1CF. The van der Waals surface area contributed by atoms with Crippen molar-refractivity contribution in [2.24, 2.45) is 0 Å². The van der Waals surface area contributed by atoms with E-state index in [0.717, 1.165) is 4.47 Å². The molecule has 0 saturated heterocycles. The molecule has 0 aliphatic heterocycles. The Hall–Kier alpha value is -0.570. The molecule has 0 bridgehead atoms. The van der Waals surface area contributed by atoms with Crippen LogP contribution >= 0.6 is 15.9 Å². The molecule has 10 heavy (non-hydrogen) atoms. The molecule has 0 unspecified atom stereocenters. The van der Waals surface area contributed by atoms with Gasteiger partial charge < -0.3 is 5.73 Å². The Labute approximate surface area is 67.2 Å². The van der Waals surface area contributed by atoms with Gasteiger partial charge in [0.2, 0.25) is 0 Å². The summed E-state index contributed by atoms with van der Waals surface area (Å²) in [4.78, 5) is 0. The number of anilines is 1. The van der Waals surface area contributed by atoms with Crippen LogP contribution in [0, 0.1) is 0 Å². The highest BCUT2D eigenvalue weighted by atomic mass is 79.9. The summed E-state index contributed by atoms with van der Waals surface area (Å²) in [5, 5.41) is 0. The van der Waals surface area contributed by atoms with Crippen molar-refractivity contribution in [3.63, 3.8) is 0 Å². The van der Waals surface area contributed by atoms with E-state index in [1.54, 1.807) is 18.2 Å². The van der Waals surface area contributed by atoms with Crippen molar-refractivity contribution < 1.29 is 4.39 Å². The minimum atomic E-state index is -0.501. The van der Waals surface area contributed by atoms with Gasteiger partial charge in [0.1, 0.15) is 6.67 Å². The van der Waals surface area contributed by atoms with Gasteiger partial charge in [0.15, 0.2) is 0 Å². The van der Waals surface area contributed by atoms with Crippen molar-refractivity contribution in [2.75, 3.05) is 5.73 Å². The molecule has 0 aromatic heterocycles. The molecule has 0 radical (unpaired) electrons. The molecule has 0 spiro atoms. The van der Waals surface area contributed by atoms with Crippen molar-refractivity contribution in [2.45, 2.75) is 6.67 Å². The first-order valence-electron chi connectivity index (χ1n) is 2.84. The third-order valence-corrected chi connectivity index (χ3v) is 1.75. The largest absolute Gasteiger partial charge is 0.398 e. The zero-order chi connectivity index (χ0) is 7.56. The lowest BCUT2D eigenvalue weighted by atomic mass is 10.2. The lowest BCUT2D eigenvalue weighted by molar-refractivity contribution is 0.486. The van der Waals surface area contributed by atoms with Crippen LogP contribution in [0.2, 0.25) is 0 Å². The average molecular weight is 204 g/mol. The third kappa shape index (κ3) is 1.48. The zero-order valence-corrected chi connectivity index (χ0v) is 6.86. The molecule has 54 valence electrons. The second-order valence-electron chi connectivity index (χ2n) is 1.98. The third-order valence-electron chi connectivity index (χ3n) is 1.25. The van der Waals surface area contributed by atoms with Crippen LogP contribution in [-0.2, 0) is 6.67 Å². The molecule has 1 aromatic carbocycles. The Kier molecular flexibility index (Phi) is 2.27. The van der Waals surface area contributed by atoms with Gasteiger partial charge in [-0.15, -0.1) is 0 Å². The van der Waals surface area contributed by atoms with Crippen molar-refractivity contribution in [1.82, 2.24) is 0 Å². The van der Waals surface area contributed by atoms with Crippen LogP contribution < -0.4 is 5.73 Å². The highest BCUT2D eigenvalue weighted by molar-refractivity contribution is 9.10. The van der Waals surface area contributed by atoms with Gasteiger partial charge in [-0.05, 0) is 12.1 Å². The van der Waals surface area contributed by atoms with E-state index in [1.807, 2.05) is 0 Å². The van der Waals surface area contributed by atoms with Crippen molar-refractivity contribution in [3.05, 3.63) is 28.2 Å². The van der Waals surface area contributed by atoms with Crippen LogP contribution in [0.1, 0.15) is 5.56 Å². The van der Waals surface area contributed by atoms with Crippen LogP contribution in [0.5, 0.6) is 0 Å². The van der Waals surface area contributed by atoms with Gasteiger partial charge in [0, 0.05) is 15.7 Å². The van der Waals surface area contributed by atoms with Gasteiger partial charge in [-0.2, -0.15) is 0 Å². The molecule has 3 heteroatoms. The van der Waals surface area contributed by atoms with Crippen molar-refractivity contribution in [3.8, 4) is 0 Å². The molecule has 2 N–H and O–H groups in total. The Bertz CT molecular complexity index is 237. The monoisotopic (exact) mass is 203 g/mol. The van der Waals surface area contributed by atoms with Crippen molar-refractivity contribution in [1.29, 1.82) is 0 Å². The number of nitrogen functional groups attached to an aromatic ring is 1. The van der Waals surface area contributed by atoms with Gasteiger partial charge in [-0.1, -0.05) is 22.0 Å². The molecule has 0 fully saturated rings. The standard InChI is InChI=1S/C7H7BrFN/c8-6-2-1-5(4-9)7(10)3-6/h1-3H,4,10H2. The number of rotatable bonds is 1. The summed E-state index contributed by atoms with van der Waals surface area (Å²) in [6, 6.07) is 5.12. The summed E-state index contributed by atoms with van der Waals surface area (Å²) < 4.78 is 12.9. The second-order valence-corrected chi connectivity index (χ2v) is 2.89. The predicted octanol–water partition coefficient (Wildman–Crippen LogP) is 2.50. The van der Waals surface area contributed by atoms with E-state index in [1.165, 1.54) is 0 Å². The number of hydrogen-bond donors (Lipinski definition) is 1. The van der Waals surface area contributed by atoms with Crippen LogP contribution in [0.15, 0.2) is 22.7 Å². The average Bonchev–Trinajstić information content (AvgIpc) is 1.88. The second kappa shape index (κ2) is 3.01. The molecule has 0 saturated carbocycles. The van der Waals surface area contributed by atoms with E-state index in [0.29, 0.717) is 11.3 Å². The first kappa shape index (κ1) is 7.54. The highest BCUT2D eigenvalue weighted by Gasteiger charge is 1.96. The minimum Gasteiger partial charge on any atom is -0.398 e. The Morgan fingerprint density at radius 3 is 2.70 bits per heavy atom. The minimum absolute atomic E-state index is 0.497. The van der Waals surface area contributed by atoms with Gasteiger partial charge in [0.05, 0.1) is 0 Å². The maximum atomic E-state index is 12.0. The smallest absolute Gasteiger partial charge is 0.116 e. The predicted molar refractivity (Wildman–Crippen MR) is 43.4 cm³/mol. The van der Waals surface area contributed by atoms with E-state index in [2.05, 4.69) is 15.9 Å². The molecular formula is C7H7BrFN. The highest BCUT2D eigenvalue weighted by Crippen LogP contribution is 2.18. The summed E-state index contributed by atoms with van der Waals surface area (Å²) in [5.41, 5.74) is 6.50. The number of halogens is 2. The normalized spacial score (nSPS) is 9.80. The first-order chi connectivity index (χ1) is 4.74. The fourth-order valence-corrected chi connectivity index (χ4v) is 1.07. The number of hydrogen-bond acceptors (Lipinski definition) is 1. The maximum Gasteiger partial charge on any atom is 0.116 e. The topological polar surface area (TPSA) is 26.0 Å². The van der Waals surface area contributed by atoms with Crippen molar-refractivity contribution >= 4 is 21.6 Å². The maximum absolute atomic E-state index is 12.0. The fraction of sp³-hybridized carbons (Fsp3) is 0.143. The summed E-state index contributed by atoms with van der Waals surface area (Å²) in [7, 11) is 0. The molecular weight excluding hydrogens is 197 g/mol. The number of benzene rings is 1. The van der Waals surface area contributed by atoms with E-state index < -0.39 is 6.67 Å². The van der Waals surface area contributed by atoms with Crippen LogP contribution in [0.4, 0.5) is 10.1 Å². The van der Waals surface area contributed by atoms with Crippen LogP contribution in [0.25, 0.3) is 0 Å². The first-order valence-corrected chi connectivity index (χ1v) is 3.63.